The van der Waals surface area contributed by atoms with Gasteiger partial charge in [0.25, 0.3) is 0 Å². The van der Waals surface area contributed by atoms with E-state index in [1.54, 1.807) is 6.92 Å². The van der Waals surface area contributed by atoms with Crippen molar-refractivity contribution in [2.75, 3.05) is 12.4 Å². The number of rotatable bonds is 5. The molecule has 0 aromatic rings. The average Bonchev–Trinajstić information content (AvgIpc) is 2.47. The van der Waals surface area contributed by atoms with E-state index in [9.17, 15) is 4.79 Å². The number of carbonyl (C=O) groups is 1. The van der Waals surface area contributed by atoms with Crippen molar-refractivity contribution in [3.05, 3.63) is 0 Å². The molecule has 2 atom stereocenters. The Bertz CT molecular complexity index is 324. The molecule has 134 valence electrons. The van der Waals surface area contributed by atoms with Gasteiger partial charge >= 0.3 is 0 Å². The predicted molar refractivity (Wildman–Crippen MR) is 99.9 cm³/mol. The SMILES string of the molecule is CC(=O)SCC1CCCCCCC1OCC1CCCCCCC1. The molecule has 0 bridgehead atoms. The first kappa shape index (κ1) is 19.3. The van der Waals surface area contributed by atoms with Crippen LogP contribution in [0.2, 0.25) is 0 Å². The number of ether oxygens (including phenoxy) is 1. The Morgan fingerprint density at radius 1 is 0.870 bits per heavy atom. The summed E-state index contributed by atoms with van der Waals surface area (Å²) < 4.78 is 6.47. The van der Waals surface area contributed by atoms with Gasteiger partial charge in [-0.05, 0) is 37.5 Å². The molecule has 2 nitrogen and oxygen atoms in total. The predicted octanol–water partition coefficient (Wildman–Crippen LogP) is 5.98. The molecule has 23 heavy (non-hydrogen) atoms. The van der Waals surface area contributed by atoms with Crippen molar-refractivity contribution in [1.82, 2.24) is 0 Å². The third kappa shape index (κ3) is 8.07. The first-order valence-electron chi connectivity index (χ1n) is 10.0. The largest absolute Gasteiger partial charge is 0.378 e. The van der Waals surface area contributed by atoms with Crippen LogP contribution in [0.4, 0.5) is 0 Å². The van der Waals surface area contributed by atoms with Crippen LogP contribution in [0.1, 0.15) is 90.4 Å². The molecule has 0 spiro atoms. The summed E-state index contributed by atoms with van der Waals surface area (Å²) in [4.78, 5) is 11.3. The summed E-state index contributed by atoms with van der Waals surface area (Å²) in [6.07, 6.45) is 17.9. The number of carbonyl (C=O) groups excluding carboxylic acids is 1. The molecule has 0 saturated heterocycles. The lowest BCUT2D eigenvalue weighted by molar-refractivity contribution is -0.109. The van der Waals surface area contributed by atoms with Crippen LogP contribution in [0.5, 0.6) is 0 Å². The monoisotopic (exact) mass is 340 g/mol. The summed E-state index contributed by atoms with van der Waals surface area (Å²) in [6.45, 7) is 2.66. The maximum atomic E-state index is 11.3. The standard InChI is InChI=1S/C20H36O2S/c1-17(21)23-16-19-13-9-5-6-10-14-20(19)22-15-18-11-7-3-2-4-8-12-18/h18-20H,2-16H2,1H3. The van der Waals surface area contributed by atoms with E-state index < -0.39 is 0 Å². The quantitative estimate of drug-likeness (QED) is 0.615. The zero-order chi connectivity index (χ0) is 16.3. The molecule has 2 saturated carbocycles. The van der Waals surface area contributed by atoms with Gasteiger partial charge < -0.3 is 4.74 Å². The second-order valence-electron chi connectivity index (χ2n) is 7.64. The Morgan fingerprint density at radius 2 is 1.43 bits per heavy atom. The Balaban J connectivity index is 1.82. The van der Waals surface area contributed by atoms with Crippen molar-refractivity contribution >= 4 is 16.9 Å². The lowest BCUT2D eigenvalue weighted by atomic mass is 9.89. The highest BCUT2D eigenvalue weighted by Crippen LogP contribution is 2.30. The molecule has 0 aromatic carbocycles. The lowest BCUT2D eigenvalue weighted by Gasteiger charge is -2.31. The van der Waals surface area contributed by atoms with Crippen molar-refractivity contribution < 1.29 is 9.53 Å². The summed E-state index contributed by atoms with van der Waals surface area (Å²) >= 11 is 1.51. The summed E-state index contributed by atoms with van der Waals surface area (Å²) in [5, 5.41) is 0.255. The van der Waals surface area contributed by atoms with Gasteiger partial charge in [0.2, 0.25) is 0 Å². The van der Waals surface area contributed by atoms with Crippen molar-refractivity contribution in [2.24, 2.45) is 11.8 Å². The smallest absolute Gasteiger partial charge is 0.185 e. The number of thioether (sulfide) groups is 1. The van der Waals surface area contributed by atoms with Crippen LogP contribution < -0.4 is 0 Å². The van der Waals surface area contributed by atoms with Crippen LogP contribution in [0.3, 0.4) is 0 Å². The van der Waals surface area contributed by atoms with Crippen LogP contribution in [0, 0.1) is 11.8 Å². The Morgan fingerprint density at radius 3 is 2.09 bits per heavy atom. The Hall–Kier alpha value is -0.0200. The van der Waals surface area contributed by atoms with E-state index >= 15 is 0 Å². The topological polar surface area (TPSA) is 26.3 Å². The molecule has 0 aromatic heterocycles. The lowest BCUT2D eigenvalue weighted by Crippen LogP contribution is -2.30. The minimum atomic E-state index is 0.255. The normalized spacial score (nSPS) is 28.4. The highest BCUT2D eigenvalue weighted by atomic mass is 32.2. The minimum Gasteiger partial charge on any atom is -0.378 e. The number of hydrogen-bond acceptors (Lipinski definition) is 3. The van der Waals surface area contributed by atoms with Crippen LogP contribution in [-0.4, -0.2) is 23.6 Å². The van der Waals surface area contributed by atoms with Crippen molar-refractivity contribution in [3.63, 3.8) is 0 Å². The Kier molecular flexibility index (Phi) is 9.67. The van der Waals surface area contributed by atoms with Gasteiger partial charge in [-0.3, -0.25) is 4.79 Å². The van der Waals surface area contributed by atoms with Crippen molar-refractivity contribution in [1.29, 1.82) is 0 Å². The van der Waals surface area contributed by atoms with Gasteiger partial charge in [-0.25, -0.2) is 0 Å². The molecule has 2 rings (SSSR count). The van der Waals surface area contributed by atoms with Gasteiger partial charge in [0.05, 0.1) is 6.10 Å². The highest BCUT2D eigenvalue weighted by Gasteiger charge is 2.25. The molecule has 0 radical (unpaired) electrons. The first-order chi connectivity index (χ1) is 11.3. The van der Waals surface area contributed by atoms with Crippen molar-refractivity contribution in [2.45, 2.75) is 96.5 Å². The molecule has 0 heterocycles. The fourth-order valence-electron chi connectivity index (χ4n) is 4.13. The van der Waals surface area contributed by atoms with E-state index in [0.717, 1.165) is 18.3 Å². The van der Waals surface area contributed by atoms with Gasteiger partial charge in [-0.2, -0.15) is 0 Å². The third-order valence-corrected chi connectivity index (χ3v) is 6.61. The Labute approximate surface area is 147 Å². The highest BCUT2D eigenvalue weighted by molar-refractivity contribution is 8.13. The van der Waals surface area contributed by atoms with Gasteiger partial charge in [0.15, 0.2) is 5.12 Å². The molecule has 3 heteroatoms. The molecular weight excluding hydrogens is 304 g/mol. The molecular formula is C20H36O2S. The van der Waals surface area contributed by atoms with Gasteiger partial charge in [-0.1, -0.05) is 69.5 Å². The zero-order valence-corrected chi connectivity index (χ0v) is 15.9. The number of hydrogen-bond donors (Lipinski definition) is 0. The van der Waals surface area contributed by atoms with Crippen LogP contribution in [-0.2, 0) is 9.53 Å². The third-order valence-electron chi connectivity index (χ3n) is 5.61. The van der Waals surface area contributed by atoms with E-state index in [4.69, 9.17) is 4.74 Å². The second kappa shape index (κ2) is 11.5. The van der Waals surface area contributed by atoms with Gasteiger partial charge in [0, 0.05) is 19.3 Å². The van der Waals surface area contributed by atoms with Crippen molar-refractivity contribution in [3.8, 4) is 0 Å². The molecule has 0 aliphatic heterocycles. The maximum absolute atomic E-state index is 11.3. The van der Waals surface area contributed by atoms with Crippen LogP contribution in [0.15, 0.2) is 0 Å². The summed E-state index contributed by atoms with van der Waals surface area (Å²) in [5.74, 6) is 2.32. The first-order valence-corrected chi connectivity index (χ1v) is 11.0. The maximum Gasteiger partial charge on any atom is 0.185 e. The minimum absolute atomic E-state index is 0.255. The second-order valence-corrected chi connectivity index (χ2v) is 8.83. The van der Waals surface area contributed by atoms with Crippen LogP contribution >= 0.6 is 11.8 Å². The fraction of sp³-hybridized carbons (Fsp3) is 0.950. The zero-order valence-electron chi connectivity index (χ0n) is 15.1. The summed E-state index contributed by atoms with van der Waals surface area (Å²) in [5.41, 5.74) is 0. The van der Waals surface area contributed by atoms with E-state index in [1.165, 1.54) is 95.2 Å². The molecule has 0 amide bonds. The molecule has 2 fully saturated rings. The van der Waals surface area contributed by atoms with Gasteiger partial charge in [-0.15, -0.1) is 0 Å². The molecule has 0 N–H and O–H groups in total. The fourth-order valence-corrected chi connectivity index (χ4v) is 4.96. The summed E-state index contributed by atoms with van der Waals surface area (Å²) in [6, 6.07) is 0. The molecule has 2 aliphatic carbocycles. The van der Waals surface area contributed by atoms with Crippen LogP contribution in [0.25, 0.3) is 0 Å². The van der Waals surface area contributed by atoms with E-state index in [0.29, 0.717) is 12.0 Å². The van der Waals surface area contributed by atoms with E-state index in [2.05, 4.69) is 0 Å². The van der Waals surface area contributed by atoms with E-state index in [-0.39, 0.29) is 5.12 Å². The molecule has 2 aliphatic rings. The van der Waals surface area contributed by atoms with E-state index in [1.807, 2.05) is 0 Å². The molecule has 2 unspecified atom stereocenters. The average molecular weight is 341 g/mol. The van der Waals surface area contributed by atoms with Gasteiger partial charge in [0.1, 0.15) is 0 Å². The summed E-state index contributed by atoms with van der Waals surface area (Å²) in [7, 11) is 0.